The molecule has 0 bridgehead atoms. The molecule has 0 saturated heterocycles. The van der Waals surface area contributed by atoms with Crippen LogP contribution >= 0.6 is 0 Å². The minimum Gasteiger partial charge on any atom is -0.362 e. The molecule has 0 aliphatic carbocycles. The zero-order valence-corrected chi connectivity index (χ0v) is 13.3. The average Bonchev–Trinajstić information content (AvgIpc) is 2.62. The molecule has 1 aliphatic rings. The molecule has 1 heterocycles. The highest BCUT2D eigenvalue weighted by atomic mass is 16.2. The number of hydrogen-bond donors (Lipinski definition) is 1. The molecule has 1 N–H and O–H groups in total. The number of carbonyl (C=O) groups excluding carboxylic acids is 2. The van der Waals surface area contributed by atoms with Gasteiger partial charge in [0.05, 0.1) is 0 Å². The van der Waals surface area contributed by atoms with Crippen LogP contribution in [0.2, 0.25) is 0 Å². The molecule has 0 radical (unpaired) electrons. The van der Waals surface area contributed by atoms with Crippen LogP contribution in [0.4, 0.5) is 0 Å². The Hall–Kier alpha value is -3.14. The Morgan fingerprint density at radius 2 is 1.62 bits per heavy atom. The molecule has 1 atom stereocenters. The molecule has 24 heavy (non-hydrogen) atoms. The Balaban J connectivity index is 2.06. The Kier molecular flexibility index (Phi) is 4.57. The molecule has 4 heteroatoms. The fourth-order valence-corrected chi connectivity index (χ4v) is 2.76. The van der Waals surface area contributed by atoms with Crippen LogP contribution in [0.25, 0.3) is 0 Å². The molecule has 2 aromatic rings. The highest BCUT2D eigenvalue weighted by Gasteiger charge is 2.30. The summed E-state index contributed by atoms with van der Waals surface area (Å²) >= 11 is 0. The van der Waals surface area contributed by atoms with Gasteiger partial charge in [-0.05, 0) is 24.6 Å². The van der Waals surface area contributed by atoms with Crippen molar-refractivity contribution < 1.29 is 9.59 Å². The van der Waals surface area contributed by atoms with Crippen molar-refractivity contribution in [1.29, 1.82) is 0 Å². The molecular weight excluding hydrogens is 300 g/mol. The standard InChI is InChI=1S/C20H18N2O2/c1-15(23)14-18-19(16-8-4-2-5-9-16)22(13-12-21-18)20(24)17-10-6-3-7-11-17/h2-14,19,21H,1H3/b18-14-. The molecule has 0 saturated carbocycles. The second kappa shape index (κ2) is 6.96. The zero-order valence-electron chi connectivity index (χ0n) is 13.3. The summed E-state index contributed by atoms with van der Waals surface area (Å²) in [6.07, 6.45) is 4.92. The van der Waals surface area contributed by atoms with Crippen molar-refractivity contribution in [1.82, 2.24) is 10.2 Å². The van der Waals surface area contributed by atoms with E-state index in [2.05, 4.69) is 5.32 Å². The van der Waals surface area contributed by atoms with E-state index in [9.17, 15) is 9.59 Å². The van der Waals surface area contributed by atoms with Gasteiger partial charge in [-0.1, -0.05) is 48.5 Å². The molecule has 4 nitrogen and oxygen atoms in total. The normalized spacial score (nSPS) is 18.3. The Labute approximate surface area is 141 Å². The zero-order chi connectivity index (χ0) is 16.9. The van der Waals surface area contributed by atoms with Gasteiger partial charge < -0.3 is 10.2 Å². The van der Waals surface area contributed by atoms with Gasteiger partial charge in [-0.25, -0.2) is 0 Å². The summed E-state index contributed by atoms with van der Waals surface area (Å²) in [7, 11) is 0. The van der Waals surface area contributed by atoms with Gasteiger partial charge in [0.25, 0.3) is 5.91 Å². The third-order valence-electron chi connectivity index (χ3n) is 3.79. The first kappa shape index (κ1) is 15.7. The van der Waals surface area contributed by atoms with Gasteiger partial charge in [0, 0.05) is 29.7 Å². The molecule has 1 aliphatic heterocycles. The third kappa shape index (κ3) is 3.27. The summed E-state index contributed by atoms with van der Waals surface area (Å²) in [5.41, 5.74) is 2.22. The molecule has 120 valence electrons. The number of hydrogen-bond acceptors (Lipinski definition) is 3. The van der Waals surface area contributed by atoms with Gasteiger partial charge in [0.1, 0.15) is 6.04 Å². The lowest BCUT2D eigenvalue weighted by molar-refractivity contribution is -0.112. The molecule has 1 amide bonds. The largest absolute Gasteiger partial charge is 0.362 e. The maximum atomic E-state index is 12.9. The van der Waals surface area contributed by atoms with Crippen molar-refractivity contribution in [2.24, 2.45) is 0 Å². The van der Waals surface area contributed by atoms with Crippen LogP contribution in [0.5, 0.6) is 0 Å². The van der Waals surface area contributed by atoms with Gasteiger partial charge in [-0.15, -0.1) is 0 Å². The van der Waals surface area contributed by atoms with Crippen LogP contribution in [0.15, 0.2) is 84.8 Å². The summed E-state index contributed by atoms with van der Waals surface area (Å²) in [6, 6.07) is 18.4. The van der Waals surface area contributed by atoms with Gasteiger partial charge in [-0.3, -0.25) is 9.59 Å². The van der Waals surface area contributed by atoms with Crippen molar-refractivity contribution in [2.45, 2.75) is 13.0 Å². The van der Waals surface area contributed by atoms with Crippen molar-refractivity contribution in [2.75, 3.05) is 0 Å². The van der Waals surface area contributed by atoms with Crippen LogP contribution in [-0.4, -0.2) is 16.6 Å². The number of nitrogens with zero attached hydrogens (tertiary/aromatic N) is 1. The third-order valence-corrected chi connectivity index (χ3v) is 3.79. The van der Waals surface area contributed by atoms with E-state index < -0.39 is 0 Å². The second-order valence-corrected chi connectivity index (χ2v) is 5.56. The molecule has 1 unspecified atom stereocenters. The number of rotatable bonds is 3. The SMILES string of the molecule is CC(=O)/C=C1\NC=CN(C(=O)c2ccccc2)C1c1ccccc1. The topological polar surface area (TPSA) is 49.4 Å². The summed E-state index contributed by atoms with van der Waals surface area (Å²) < 4.78 is 0. The summed E-state index contributed by atoms with van der Waals surface area (Å²) in [4.78, 5) is 26.2. The van der Waals surface area contributed by atoms with Crippen LogP contribution in [0, 0.1) is 0 Å². The van der Waals surface area contributed by atoms with Crippen LogP contribution in [0.3, 0.4) is 0 Å². The number of benzene rings is 2. The van der Waals surface area contributed by atoms with Gasteiger partial charge in [0.15, 0.2) is 5.78 Å². The Morgan fingerprint density at radius 3 is 2.25 bits per heavy atom. The Bertz CT molecular complexity index is 795. The van der Waals surface area contributed by atoms with Crippen LogP contribution < -0.4 is 5.32 Å². The van der Waals surface area contributed by atoms with E-state index in [4.69, 9.17) is 0 Å². The number of allylic oxidation sites excluding steroid dienone is 1. The summed E-state index contributed by atoms with van der Waals surface area (Å²) in [5, 5.41) is 3.10. The average molecular weight is 318 g/mol. The van der Waals surface area contributed by atoms with E-state index in [-0.39, 0.29) is 17.7 Å². The number of ketones is 1. The molecule has 2 aromatic carbocycles. The highest BCUT2D eigenvalue weighted by Crippen LogP contribution is 2.31. The molecule has 0 aromatic heterocycles. The maximum Gasteiger partial charge on any atom is 0.258 e. The van der Waals surface area contributed by atoms with Gasteiger partial charge in [0.2, 0.25) is 0 Å². The lowest BCUT2D eigenvalue weighted by atomic mass is 9.99. The van der Waals surface area contributed by atoms with E-state index >= 15 is 0 Å². The van der Waals surface area contributed by atoms with Crippen molar-refractivity contribution in [3.05, 3.63) is 96.0 Å². The smallest absolute Gasteiger partial charge is 0.258 e. The van der Waals surface area contributed by atoms with Crippen molar-refractivity contribution in [3.63, 3.8) is 0 Å². The lowest BCUT2D eigenvalue weighted by Crippen LogP contribution is -2.38. The molecule has 0 fully saturated rings. The second-order valence-electron chi connectivity index (χ2n) is 5.56. The highest BCUT2D eigenvalue weighted by molar-refractivity contribution is 5.96. The molecule has 0 spiro atoms. The molecule has 3 rings (SSSR count). The number of nitrogens with one attached hydrogen (secondary N) is 1. The first-order valence-corrected chi connectivity index (χ1v) is 7.75. The monoisotopic (exact) mass is 318 g/mol. The number of amides is 1. The summed E-state index contributed by atoms with van der Waals surface area (Å²) in [5.74, 6) is -0.183. The number of carbonyl (C=O) groups is 2. The fraction of sp³-hybridized carbons (Fsp3) is 0.100. The first-order valence-electron chi connectivity index (χ1n) is 7.75. The Morgan fingerprint density at radius 1 is 1.00 bits per heavy atom. The summed E-state index contributed by atoms with van der Waals surface area (Å²) in [6.45, 7) is 1.50. The van der Waals surface area contributed by atoms with Crippen LogP contribution in [0.1, 0.15) is 28.9 Å². The molecular formula is C20H18N2O2. The quantitative estimate of drug-likeness (QED) is 0.882. The van der Waals surface area contributed by atoms with E-state index in [1.54, 1.807) is 29.4 Å². The minimum absolute atomic E-state index is 0.0687. The predicted octanol–water partition coefficient (Wildman–Crippen LogP) is 3.42. The maximum absolute atomic E-state index is 12.9. The van der Waals surface area contributed by atoms with E-state index in [1.807, 2.05) is 48.5 Å². The van der Waals surface area contributed by atoms with E-state index in [0.717, 1.165) is 5.56 Å². The van der Waals surface area contributed by atoms with Crippen molar-refractivity contribution in [3.8, 4) is 0 Å². The van der Waals surface area contributed by atoms with E-state index in [1.165, 1.54) is 13.0 Å². The van der Waals surface area contributed by atoms with Gasteiger partial charge in [-0.2, -0.15) is 0 Å². The lowest BCUT2D eigenvalue weighted by Gasteiger charge is -2.34. The first-order chi connectivity index (χ1) is 11.7. The van der Waals surface area contributed by atoms with Gasteiger partial charge >= 0.3 is 0 Å². The minimum atomic E-state index is -0.368. The van der Waals surface area contributed by atoms with E-state index in [0.29, 0.717) is 11.3 Å². The van der Waals surface area contributed by atoms with Crippen LogP contribution in [-0.2, 0) is 4.79 Å². The predicted molar refractivity (Wildman–Crippen MR) is 92.8 cm³/mol. The fourth-order valence-electron chi connectivity index (χ4n) is 2.76. The van der Waals surface area contributed by atoms with Crippen molar-refractivity contribution >= 4 is 11.7 Å².